The van der Waals surface area contributed by atoms with Crippen molar-refractivity contribution in [1.29, 1.82) is 0 Å². The molecule has 26 heavy (non-hydrogen) atoms. The van der Waals surface area contributed by atoms with Crippen LogP contribution >= 0.6 is 0 Å². The number of unbranched alkanes of at least 4 members (excludes halogenated alkanes) is 1. The van der Waals surface area contributed by atoms with Gasteiger partial charge in [0.05, 0.1) is 12.5 Å². The molecular weight excluding hydrogens is 328 g/mol. The van der Waals surface area contributed by atoms with Crippen molar-refractivity contribution in [3.05, 3.63) is 42.7 Å². The highest BCUT2D eigenvalue weighted by atomic mass is 16.5. The third kappa shape index (κ3) is 4.94. The van der Waals surface area contributed by atoms with Crippen LogP contribution in [0, 0.1) is 5.92 Å². The number of rotatable bonds is 7. The number of aromatic nitrogens is 2. The number of benzene rings is 1. The van der Waals surface area contributed by atoms with E-state index in [1.165, 1.54) is 0 Å². The van der Waals surface area contributed by atoms with Crippen LogP contribution in [0.1, 0.15) is 32.6 Å². The zero-order chi connectivity index (χ0) is 18.2. The fourth-order valence-corrected chi connectivity index (χ4v) is 3.04. The number of hydrogen-bond acceptors (Lipinski definition) is 5. The third-order valence-corrected chi connectivity index (χ3v) is 4.52. The van der Waals surface area contributed by atoms with Crippen molar-refractivity contribution in [1.82, 2.24) is 9.97 Å². The summed E-state index contributed by atoms with van der Waals surface area (Å²) in [5.41, 5.74) is 0.797. The number of carbonyl (C=O) groups is 1. The van der Waals surface area contributed by atoms with Crippen LogP contribution < -0.4 is 15.0 Å². The minimum atomic E-state index is -0.0620. The Bertz CT molecular complexity index is 691. The second-order valence-electron chi connectivity index (χ2n) is 6.55. The molecule has 1 saturated heterocycles. The van der Waals surface area contributed by atoms with Gasteiger partial charge in [-0.15, -0.1) is 0 Å². The number of nitrogens with one attached hydrogen (secondary N) is 1. The van der Waals surface area contributed by atoms with Gasteiger partial charge in [0.1, 0.15) is 5.75 Å². The standard InChI is InChI=1S/C20H26N4O2/c1-2-3-14-26-18-9-7-17(8-10-18)23-19(25)16-6-4-13-24(15-16)20-21-11-5-12-22-20/h5,7-12,16H,2-4,6,13-15H2,1H3,(H,23,25)/t16-/m1/s1. The quantitative estimate of drug-likeness (QED) is 0.771. The van der Waals surface area contributed by atoms with Gasteiger partial charge in [-0.3, -0.25) is 4.79 Å². The van der Waals surface area contributed by atoms with Crippen molar-refractivity contribution in [2.24, 2.45) is 5.92 Å². The van der Waals surface area contributed by atoms with Crippen LogP contribution in [0.25, 0.3) is 0 Å². The van der Waals surface area contributed by atoms with Crippen LogP contribution in [0.3, 0.4) is 0 Å². The lowest BCUT2D eigenvalue weighted by Gasteiger charge is -2.31. The van der Waals surface area contributed by atoms with Crippen LogP contribution in [-0.2, 0) is 4.79 Å². The lowest BCUT2D eigenvalue weighted by atomic mass is 9.97. The van der Waals surface area contributed by atoms with Crippen molar-refractivity contribution in [2.45, 2.75) is 32.6 Å². The number of hydrogen-bond donors (Lipinski definition) is 1. The third-order valence-electron chi connectivity index (χ3n) is 4.52. The Kier molecular flexibility index (Phi) is 6.41. The van der Waals surface area contributed by atoms with E-state index in [1.54, 1.807) is 18.5 Å². The van der Waals surface area contributed by atoms with Gasteiger partial charge in [-0.05, 0) is 49.6 Å². The molecule has 2 aromatic rings. The Labute approximate surface area is 154 Å². The smallest absolute Gasteiger partial charge is 0.229 e. The Balaban J connectivity index is 1.54. The first-order valence-corrected chi connectivity index (χ1v) is 9.32. The minimum Gasteiger partial charge on any atom is -0.494 e. The van der Waals surface area contributed by atoms with E-state index in [2.05, 4.69) is 27.1 Å². The van der Waals surface area contributed by atoms with Crippen molar-refractivity contribution in [2.75, 3.05) is 29.9 Å². The molecule has 138 valence electrons. The molecule has 2 heterocycles. The summed E-state index contributed by atoms with van der Waals surface area (Å²) in [6.45, 7) is 4.39. The highest BCUT2D eigenvalue weighted by molar-refractivity contribution is 5.93. The lowest BCUT2D eigenvalue weighted by Crippen LogP contribution is -2.41. The highest BCUT2D eigenvalue weighted by Crippen LogP contribution is 2.22. The summed E-state index contributed by atoms with van der Waals surface area (Å²) in [4.78, 5) is 23.3. The molecule has 6 nitrogen and oxygen atoms in total. The van der Waals surface area contributed by atoms with Crippen molar-refractivity contribution in [3.8, 4) is 5.75 Å². The molecule has 3 rings (SSSR count). The Morgan fingerprint density at radius 2 is 2.04 bits per heavy atom. The van der Waals surface area contributed by atoms with Crippen molar-refractivity contribution in [3.63, 3.8) is 0 Å². The van der Waals surface area contributed by atoms with Gasteiger partial charge in [-0.2, -0.15) is 0 Å². The van der Waals surface area contributed by atoms with Crippen LogP contribution in [0.5, 0.6) is 5.75 Å². The molecule has 1 aromatic carbocycles. The fraction of sp³-hybridized carbons (Fsp3) is 0.450. The minimum absolute atomic E-state index is 0.0466. The molecular formula is C20H26N4O2. The maximum absolute atomic E-state index is 12.6. The highest BCUT2D eigenvalue weighted by Gasteiger charge is 2.27. The van der Waals surface area contributed by atoms with Gasteiger partial charge in [0.2, 0.25) is 11.9 Å². The second kappa shape index (κ2) is 9.17. The first-order chi connectivity index (χ1) is 12.8. The van der Waals surface area contributed by atoms with Crippen LogP contribution in [-0.4, -0.2) is 35.6 Å². The van der Waals surface area contributed by atoms with E-state index < -0.39 is 0 Å². The monoisotopic (exact) mass is 354 g/mol. The predicted molar refractivity (Wildman–Crippen MR) is 102 cm³/mol. The topological polar surface area (TPSA) is 67.3 Å². The van der Waals surface area contributed by atoms with Crippen LogP contribution in [0.15, 0.2) is 42.7 Å². The zero-order valence-corrected chi connectivity index (χ0v) is 15.2. The van der Waals surface area contributed by atoms with Crippen LogP contribution in [0.2, 0.25) is 0 Å². The van der Waals surface area contributed by atoms with Gasteiger partial charge in [-0.1, -0.05) is 13.3 Å². The molecule has 0 saturated carbocycles. The average Bonchev–Trinajstić information content (AvgIpc) is 2.70. The number of amides is 1. The summed E-state index contributed by atoms with van der Waals surface area (Å²) in [6, 6.07) is 9.37. The maximum Gasteiger partial charge on any atom is 0.229 e. The van der Waals surface area contributed by atoms with E-state index in [0.29, 0.717) is 12.5 Å². The summed E-state index contributed by atoms with van der Waals surface area (Å²) in [5, 5.41) is 3.02. The normalized spacial score (nSPS) is 17.0. The largest absolute Gasteiger partial charge is 0.494 e. The Hall–Kier alpha value is -2.63. The molecule has 1 fully saturated rings. The second-order valence-corrected chi connectivity index (χ2v) is 6.55. The maximum atomic E-state index is 12.6. The molecule has 0 aliphatic carbocycles. The molecule has 6 heteroatoms. The molecule has 1 atom stereocenters. The molecule has 0 spiro atoms. The van der Waals surface area contributed by atoms with E-state index in [-0.39, 0.29) is 11.8 Å². The summed E-state index contributed by atoms with van der Waals surface area (Å²) in [7, 11) is 0. The predicted octanol–water partition coefficient (Wildman–Crippen LogP) is 3.51. The lowest BCUT2D eigenvalue weighted by molar-refractivity contribution is -0.120. The van der Waals surface area contributed by atoms with E-state index in [0.717, 1.165) is 50.3 Å². The van der Waals surface area contributed by atoms with Gasteiger partial charge in [0.25, 0.3) is 0 Å². The molecule has 0 radical (unpaired) electrons. The van der Waals surface area contributed by atoms with Crippen LogP contribution in [0.4, 0.5) is 11.6 Å². The number of nitrogens with zero attached hydrogens (tertiary/aromatic N) is 3. The molecule has 1 aromatic heterocycles. The molecule has 1 amide bonds. The number of carbonyl (C=O) groups excluding carboxylic acids is 1. The average molecular weight is 354 g/mol. The first-order valence-electron chi connectivity index (χ1n) is 9.32. The first kappa shape index (κ1) is 18.2. The molecule has 1 N–H and O–H groups in total. The fourth-order valence-electron chi connectivity index (χ4n) is 3.04. The molecule has 0 unspecified atom stereocenters. The number of piperidine rings is 1. The van der Waals surface area contributed by atoms with E-state index in [9.17, 15) is 4.79 Å². The summed E-state index contributed by atoms with van der Waals surface area (Å²) in [6.07, 6.45) is 7.46. The summed E-state index contributed by atoms with van der Waals surface area (Å²) in [5.74, 6) is 1.51. The van der Waals surface area contributed by atoms with E-state index >= 15 is 0 Å². The molecule has 1 aliphatic heterocycles. The Morgan fingerprint density at radius 3 is 2.77 bits per heavy atom. The van der Waals surface area contributed by atoms with Crippen molar-refractivity contribution >= 4 is 17.5 Å². The summed E-state index contributed by atoms with van der Waals surface area (Å²) >= 11 is 0. The molecule has 1 aliphatic rings. The molecule has 0 bridgehead atoms. The van der Waals surface area contributed by atoms with Gasteiger partial charge >= 0.3 is 0 Å². The van der Waals surface area contributed by atoms with Gasteiger partial charge in [0.15, 0.2) is 0 Å². The SMILES string of the molecule is CCCCOc1ccc(NC(=O)[C@@H]2CCCN(c3ncccn3)C2)cc1. The zero-order valence-electron chi connectivity index (χ0n) is 15.2. The van der Waals surface area contributed by atoms with E-state index in [1.807, 2.05) is 24.3 Å². The number of anilines is 2. The van der Waals surface area contributed by atoms with E-state index in [4.69, 9.17) is 4.74 Å². The van der Waals surface area contributed by atoms with Gasteiger partial charge < -0.3 is 15.0 Å². The summed E-state index contributed by atoms with van der Waals surface area (Å²) < 4.78 is 5.65. The van der Waals surface area contributed by atoms with Crippen molar-refractivity contribution < 1.29 is 9.53 Å². The van der Waals surface area contributed by atoms with Gasteiger partial charge in [-0.25, -0.2) is 9.97 Å². The Morgan fingerprint density at radius 1 is 1.27 bits per heavy atom. The number of ether oxygens (including phenoxy) is 1. The van der Waals surface area contributed by atoms with Gasteiger partial charge in [0, 0.05) is 31.2 Å².